The number of rotatable bonds is 2. The molecule has 6 nitrogen and oxygen atoms in total. The van der Waals surface area contributed by atoms with Gasteiger partial charge < -0.3 is 24.8 Å². The Balaban J connectivity index is 1.82. The van der Waals surface area contributed by atoms with Crippen molar-refractivity contribution >= 4 is 5.78 Å². The largest absolute Gasteiger partial charge is 0.508 e. The SMILES string of the molecule is C=C(C)C1Cc2c(c(C)c(O)c3c2OCC(c2ccc(O)cc2O)C3=O)O1. The number of aromatic hydroxyl groups is 3. The highest BCUT2D eigenvalue weighted by molar-refractivity contribution is 6.08. The number of carbonyl (C=O) groups excluding carboxylic acids is 1. The van der Waals surface area contributed by atoms with Crippen LogP contribution in [0.5, 0.6) is 28.7 Å². The van der Waals surface area contributed by atoms with Crippen molar-refractivity contribution < 1.29 is 29.6 Å². The first-order valence-corrected chi connectivity index (χ1v) is 8.69. The second-order valence-electron chi connectivity index (χ2n) is 7.11. The van der Waals surface area contributed by atoms with E-state index in [2.05, 4.69) is 6.58 Å². The second kappa shape index (κ2) is 5.94. The number of fused-ring (bicyclic) bond motifs is 3. The van der Waals surface area contributed by atoms with Crippen molar-refractivity contribution in [1.29, 1.82) is 0 Å². The van der Waals surface area contributed by atoms with E-state index in [9.17, 15) is 20.1 Å². The molecule has 0 aromatic heterocycles. The molecule has 2 aromatic rings. The van der Waals surface area contributed by atoms with E-state index in [-0.39, 0.29) is 41.3 Å². The van der Waals surface area contributed by atoms with Gasteiger partial charge in [0.1, 0.15) is 47.0 Å². The first-order chi connectivity index (χ1) is 12.8. The summed E-state index contributed by atoms with van der Waals surface area (Å²) in [7, 11) is 0. The van der Waals surface area contributed by atoms with Crippen LogP contribution in [0.15, 0.2) is 30.4 Å². The third-order valence-corrected chi connectivity index (χ3v) is 5.25. The lowest BCUT2D eigenvalue weighted by atomic mass is 9.85. The zero-order valence-corrected chi connectivity index (χ0v) is 15.1. The fraction of sp³-hybridized carbons (Fsp3) is 0.286. The number of ketones is 1. The molecule has 2 heterocycles. The van der Waals surface area contributed by atoms with Gasteiger partial charge in [-0.2, -0.15) is 0 Å². The molecule has 0 bridgehead atoms. The molecular formula is C21H20O6. The molecule has 0 spiro atoms. The van der Waals surface area contributed by atoms with E-state index in [4.69, 9.17) is 9.47 Å². The highest BCUT2D eigenvalue weighted by Crippen LogP contribution is 2.51. The van der Waals surface area contributed by atoms with Crippen molar-refractivity contribution in [3.63, 3.8) is 0 Å². The average molecular weight is 368 g/mol. The lowest BCUT2D eigenvalue weighted by Crippen LogP contribution is -2.27. The van der Waals surface area contributed by atoms with Crippen molar-refractivity contribution in [2.75, 3.05) is 6.61 Å². The predicted molar refractivity (Wildman–Crippen MR) is 98.1 cm³/mol. The van der Waals surface area contributed by atoms with Crippen LogP contribution in [0.25, 0.3) is 0 Å². The van der Waals surface area contributed by atoms with Gasteiger partial charge >= 0.3 is 0 Å². The molecule has 2 aromatic carbocycles. The van der Waals surface area contributed by atoms with Crippen LogP contribution in [0.3, 0.4) is 0 Å². The fourth-order valence-corrected chi connectivity index (χ4v) is 3.73. The summed E-state index contributed by atoms with van der Waals surface area (Å²) >= 11 is 0. The van der Waals surface area contributed by atoms with E-state index in [0.29, 0.717) is 29.0 Å². The Labute approximate surface area is 156 Å². The summed E-state index contributed by atoms with van der Waals surface area (Å²) < 4.78 is 11.8. The highest BCUT2D eigenvalue weighted by atomic mass is 16.5. The molecule has 0 radical (unpaired) electrons. The number of carbonyl (C=O) groups is 1. The van der Waals surface area contributed by atoms with Crippen LogP contribution in [0.1, 0.15) is 39.9 Å². The standard InChI is InChI=1S/C21H20O6/c1-9(2)16-7-13-20(27-16)10(3)18(24)17-19(25)14(8-26-21(13)17)12-5-4-11(22)6-15(12)23/h4-6,14,16,22-24H,1,7-8H2,2-3H3. The Hall–Kier alpha value is -3.15. The minimum absolute atomic E-state index is 0.0247. The predicted octanol–water partition coefficient (Wildman–Crippen LogP) is 3.35. The van der Waals surface area contributed by atoms with Gasteiger partial charge in [-0.15, -0.1) is 0 Å². The minimum Gasteiger partial charge on any atom is -0.508 e. The number of hydrogen-bond acceptors (Lipinski definition) is 6. The molecule has 2 aliphatic rings. The minimum atomic E-state index is -0.777. The van der Waals surface area contributed by atoms with Crippen molar-refractivity contribution in [1.82, 2.24) is 0 Å². The van der Waals surface area contributed by atoms with Gasteiger partial charge in [0.25, 0.3) is 0 Å². The van der Waals surface area contributed by atoms with Gasteiger partial charge in [-0.25, -0.2) is 0 Å². The van der Waals surface area contributed by atoms with Crippen LogP contribution in [-0.4, -0.2) is 33.8 Å². The van der Waals surface area contributed by atoms with E-state index in [1.165, 1.54) is 18.2 Å². The van der Waals surface area contributed by atoms with Crippen LogP contribution in [0.4, 0.5) is 0 Å². The maximum Gasteiger partial charge on any atom is 0.181 e. The van der Waals surface area contributed by atoms with E-state index in [0.717, 1.165) is 11.1 Å². The lowest BCUT2D eigenvalue weighted by Gasteiger charge is -2.27. The van der Waals surface area contributed by atoms with Crippen LogP contribution in [0, 0.1) is 6.92 Å². The Bertz CT molecular complexity index is 991. The fourth-order valence-electron chi connectivity index (χ4n) is 3.73. The summed E-state index contributed by atoms with van der Waals surface area (Å²) in [4.78, 5) is 13.2. The number of benzene rings is 2. The highest BCUT2D eigenvalue weighted by Gasteiger charge is 2.40. The van der Waals surface area contributed by atoms with Gasteiger partial charge in [0, 0.05) is 29.2 Å². The van der Waals surface area contributed by atoms with Gasteiger partial charge in [0.15, 0.2) is 5.78 Å². The van der Waals surface area contributed by atoms with E-state index >= 15 is 0 Å². The number of ether oxygens (including phenoxy) is 2. The first-order valence-electron chi connectivity index (χ1n) is 8.69. The number of hydrogen-bond donors (Lipinski definition) is 3. The molecule has 2 aliphatic heterocycles. The van der Waals surface area contributed by atoms with Crippen LogP contribution in [-0.2, 0) is 6.42 Å². The molecule has 2 unspecified atom stereocenters. The van der Waals surface area contributed by atoms with Crippen molar-refractivity contribution in [2.45, 2.75) is 32.3 Å². The van der Waals surface area contributed by atoms with Crippen molar-refractivity contribution in [3.8, 4) is 28.7 Å². The summed E-state index contributed by atoms with van der Waals surface area (Å²) in [5.41, 5.74) is 2.56. The maximum absolute atomic E-state index is 13.2. The topological polar surface area (TPSA) is 96.2 Å². The lowest BCUT2D eigenvalue weighted by molar-refractivity contribution is 0.0889. The zero-order valence-electron chi connectivity index (χ0n) is 15.1. The third-order valence-electron chi connectivity index (χ3n) is 5.25. The maximum atomic E-state index is 13.2. The van der Waals surface area contributed by atoms with Crippen molar-refractivity contribution in [2.24, 2.45) is 0 Å². The Morgan fingerprint density at radius 3 is 2.63 bits per heavy atom. The summed E-state index contributed by atoms with van der Waals surface area (Å²) in [5, 5.41) is 30.3. The van der Waals surface area contributed by atoms with E-state index in [1.807, 2.05) is 6.92 Å². The van der Waals surface area contributed by atoms with E-state index < -0.39 is 5.92 Å². The van der Waals surface area contributed by atoms with Gasteiger partial charge in [-0.3, -0.25) is 4.79 Å². The summed E-state index contributed by atoms with van der Waals surface area (Å²) in [6.45, 7) is 7.52. The van der Waals surface area contributed by atoms with Gasteiger partial charge in [0.2, 0.25) is 0 Å². The molecular weight excluding hydrogens is 348 g/mol. The molecule has 6 heteroatoms. The normalized spacial score (nSPS) is 20.4. The van der Waals surface area contributed by atoms with Crippen LogP contribution < -0.4 is 9.47 Å². The molecule has 0 saturated carbocycles. The third kappa shape index (κ3) is 2.51. The summed E-state index contributed by atoms with van der Waals surface area (Å²) in [6.07, 6.45) is 0.304. The Kier molecular flexibility index (Phi) is 3.80. The zero-order chi connectivity index (χ0) is 19.5. The molecule has 4 rings (SSSR count). The molecule has 3 N–H and O–H groups in total. The van der Waals surface area contributed by atoms with Crippen LogP contribution >= 0.6 is 0 Å². The molecule has 0 saturated heterocycles. The van der Waals surface area contributed by atoms with Crippen LogP contribution in [0.2, 0.25) is 0 Å². The second-order valence-corrected chi connectivity index (χ2v) is 7.11. The Morgan fingerprint density at radius 1 is 1.22 bits per heavy atom. The Morgan fingerprint density at radius 2 is 1.96 bits per heavy atom. The monoisotopic (exact) mass is 368 g/mol. The molecule has 0 aliphatic carbocycles. The van der Waals surface area contributed by atoms with Gasteiger partial charge in [0.05, 0.1) is 5.92 Å². The van der Waals surface area contributed by atoms with Gasteiger partial charge in [-0.05, 0) is 25.5 Å². The van der Waals surface area contributed by atoms with E-state index in [1.54, 1.807) is 6.92 Å². The average Bonchev–Trinajstić information content (AvgIpc) is 3.06. The summed E-state index contributed by atoms with van der Waals surface area (Å²) in [5.74, 6) is -0.683. The molecule has 140 valence electrons. The number of phenolic OH excluding ortho intramolecular Hbond substituents is 3. The first kappa shape index (κ1) is 17.3. The number of phenols is 3. The smallest absolute Gasteiger partial charge is 0.181 e. The summed E-state index contributed by atoms with van der Waals surface area (Å²) in [6, 6.07) is 4.06. The molecule has 27 heavy (non-hydrogen) atoms. The van der Waals surface area contributed by atoms with Crippen molar-refractivity contribution in [3.05, 3.63) is 52.6 Å². The quantitative estimate of drug-likeness (QED) is 0.704. The number of Topliss-reactive ketones (excluding diaryl/α,β-unsaturated/α-hetero) is 1. The van der Waals surface area contributed by atoms with Gasteiger partial charge in [-0.1, -0.05) is 12.6 Å². The molecule has 0 fully saturated rings. The molecule has 2 atom stereocenters. The molecule has 0 amide bonds.